The third-order valence-electron chi connectivity index (χ3n) is 2.95. The molecule has 0 radical (unpaired) electrons. The maximum atomic E-state index is 5.10. The fraction of sp³-hybridized carbons (Fsp3) is 0.0714. The van der Waals surface area contributed by atoms with Crippen molar-refractivity contribution in [3.8, 4) is 11.3 Å². The van der Waals surface area contributed by atoms with Crippen molar-refractivity contribution in [2.24, 2.45) is 0 Å². The summed E-state index contributed by atoms with van der Waals surface area (Å²) in [5.41, 5.74) is 3.22. The number of pyridine rings is 1. The van der Waals surface area contributed by atoms with E-state index in [0.29, 0.717) is 4.77 Å². The second-order valence-electron chi connectivity index (χ2n) is 4.15. The molecule has 2 aromatic heterocycles. The average Bonchev–Trinajstić information content (AvgIpc) is 2.41. The predicted octanol–water partition coefficient (Wildman–Crippen LogP) is 3.66. The maximum Gasteiger partial charge on any atom is 0.197 e. The van der Waals surface area contributed by atoms with Crippen molar-refractivity contribution in [1.82, 2.24) is 15.0 Å². The van der Waals surface area contributed by atoms with Crippen LogP contribution in [0.1, 0.15) is 5.56 Å². The zero-order valence-electron chi connectivity index (χ0n) is 9.84. The molecule has 88 valence electrons. The van der Waals surface area contributed by atoms with Crippen LogP contribution in [0.3, 0.4) is 0 Å². The Morgan fingerprint density at radius 1 is 1.17 bits per heavy atom. The summed E-state index contributed by atoms with van der Waals surface area (Å²) in [5.74, 6) is 0. The summed E-state index contributed by atoms with van der Waals surface area (Å²) < 4.78 is 0.502. The maximum absolute atomic E-state index is 5.10. The van der Waals surface area contributed by atoms with Gasteiger partial charge in [-0.1, -0.05) is 18.2 Å². The molecule has 0 aliphatic carbocycles. The van der Waals surface area contributed by atoms with Gasteiger partial charge < -0.3 is 4.98 Å². The number of rotatable bonds is 1. The van der Waals surface area contributed by atoms with Crippen LogP contribution in [0.4, 0.5) is 0 Å². The first-order valence-corrected chi connectivity index (χ1v) is 6.05. The Morgan fingerprint density at radius 2 is 2.06 bits per heavy atom. The molecule has 0 saturated heterocycles. The third-order valence-corrected chi connectivity index (χ3v) is 3.16. The zero-order chi connectivity index (χ0) is 12.5. The summed E-state index contributed by atoms with van der Waals surface area (Å²) in [6.07, 6.45) is 5.47. The fourth-order valence-corrected chi connectivity index (χ4v) is 2.23. The smallest absolute Gasteiger partial charge is 0.197 e. The lowest BCUT2D eigenvalue weighted by Crippen LogP contribution is -1.92. The van der Waals surface area contributed by atoms with Crippen LogP contribution in [-0.2, 0) is 0 Å². The number of benzene rings is 1. The zero-order valence-corrected chi connectivity index (χ0v) is 10.7. The first kappa shape index (κ1) is 11.0. The van der Waals surface area contributed by atoms with E-state index in [1.807, 2.05) is 25.3 Å². The third kappa shape index (κ3) is 1.80. The first-order valence-electron chi connectivity index (χ1n) is 5.65. The summed E-state index contributed by atoms with van der Waals surface area (Å²) in [6, 6.07) is 8.17. The number of hydrogen-bond donors (Lipinski definition) is 1. The van der Waals surface area contributed by atoms with Gasteiger partial charge in [-0.15, -0.1) is 0 Å². The number of aromatic amines is 1. The summed E-state index contributed by atoms with van der Waals surface area (Å²) >= 11 is 5.10. The summed E-state index contributed by atoms with van der Waals surface area (Å²) in [6.45, 7) is 2.02. The van der Waals surface area contributed by atoms with Gasteiger partial charge in [0.05, 0.1) is 5.69 Å². The molecule has 3 rings (SSSR count). The van der Waals surface area contributed by atoms with E-state index in [-0.39, 0.29) is 0 Å². The molecule has 0 amide bonds. The van der Waals surface area contributed by atoms with Crippen LogP contribution in [0.15, 0.2) is 42.9 Å². The van der Waals surface area contributed by atoms with Gasteiger partial charge in [-0.2, -0.15) is 0 Å². The van der Waals surface area contributed by atoms with Crippen molar-refractivity contribution in [2.75, 3.05) is 0 Å². The average molecular weight is 253 g/mol. The van der Waals surface area contributed by atoms with Crippen LogP contribution in [0.2, 0.25) is 0 Å². The molecule has 1 aromatic carbocycles. The lowest BCUT2D eigenvalue weighted by Gasteiger charge is -2.08. The first-order chi connectivity index (χ1) is 8.75. The molecule has 0 aliphatic rings. The Hall–Kier alpha value is -2.07. The van der Waals surface area contributed by atoms with E-state index >= 15 is 0 Å². The molecule has 18 heavy (non-hydrogen) atoms. The molecule has 0 unspecified atom stereocenters. The van der Waals surface area contributed by atoms with Crippen molar-refractivity contribution in [3.05, 3.63) is 53.2 Å². The molecule has 0 saturated carbocycles. The van der Waals surface area contributed by atoms with E-state index in [4.69, 9.17) is 12.2 Å². The Kier molecular flexibility index (Phi) is 2.64. The van der Waals surface area contributed by atoms with Crippen LogP contribution in [-0.4, -0.2) is 15.0 Å². The topological polar surface area (TPSA) is 41.6 Å². The summed E-state index contributed by atoms with van der Waals surface area (Å²) in [7, 11) is 0. The van der Waals surface area contributed by atoms with Gasteiger partial charge in [0.15, 0.2) is 4.77 Å². The van der Waals surface area contributed by atoms with Crippen LogP contribution in [0, 0.1) is 11.7 Å². The van der Waals surface area contributed by atoms with E-state index in [1.54, 1.807) is 12.4 Å². The Balaban J connectivity index is 2.38. The highest BCUT2D eigenvalue weighted by molar-refractivity contribution is 7.71. The molecule has 3 nitrogen and oxygen atoms in total. The fourth-order valence-electron chi connectivity index (χ4n) is 2.08. The van der Waals surface area contributed by atoms with E-state index in [9.17, 15) is 0 Å². The lowest BCUT2D eigenvalue weighted by atomic mass is 10.0. The Morgan fingerprint density at radius 3 is 2.94 bits per heavy atom. The number of H-pyrrole nitrogens is 1. The van der Waals surface area contributed by atoms with Gasteiger partial charge in [0.25, 0.3) is 0 Å². The largest absolute Gasteiger partial charge is 0.330 e. The van der Waals surface area contributed by atoms with E-state index in [2.05, 4.69) is 27.1 Å². The number of aromatic nitrogens is 3. The molecule has 3 aromatic rings. The van der Waals surface area contributed by atoms with Gasteiger partial charge in [-0.05, 0) is 36.2 Å². The molecule has 0 atom stereocenters. The van der Waals surface area contributed by atoms with Crippen LogP contribution < -0.4 is 0 Å². The van der Waals surface area contributed by atoms with Gasteiger partial charge in [0.1, 0.15) is 0 Å². The second-order valence-corrected chi connectivity index (χ2v) is 4.54. The van der Waals surface area contributed by atoms with Gasteiger partial charge in [0.2, 0.25) is 0 Å². The molecule has 0 spiro atoms. The Bertz CT molecular complexity index is 772. The van der Waals surface area contributed by atoms with Crippen molar-refractivity contribution in [2.45, 2.75) is 6.92 Å². The monoisotopic (exact) mass is 253 g/mol. The highest BCUT2D eigenvalue weighted by Crippen LogP contribution is 2.28. The van der Waals surface area contributed by atoms with Crippen LogP contribution in [0.5, 0.6) is 0 Å². The van der Waals surface area contributed by atoms with Crippen molar-refractivity contribution in [1.29, 1.82) is 0 Å². The van der Waals surface area contributed by atoms with Crippen molar-refractivity contribution in [3.63, 3.8) is 0 Å². The normalized spacial score (nSPS) is 10.7. The Labute approximate surface area is 110 Å². The number of hydrogen-bond acceptors (Lipinski definition) is 3. The summed E-state index contributed by atoms with van der Waals surface area (Å²) in [5, 5.41) is 2.28. The standard InChI is InChI=1S/C14H11N3S/c1-9-7-16-14(18)17-13(9)12-4-2-3-10-8-15-6-5-11(10)12/h2-8H,1H3,(H,16,17,18). The minimum Gasteiger partial charge on any atom is -0.330 e. The highest BCUT2D eigenvalue weighted by atomic mass is 32.1. The minimum absolute atomic E-state index is 0.502. The van der Waals surface area contributed by atoms with Gasteiger partial charge >= 0.3 is 0 Å². The molecule has 1 N–H and O–H groups in total. The van der Waals surface area contributed by atoms with Crippen LogP contribution in [0.25, 0.3) is 22.0 Å². The number of nitrogens with one attached hydrogen (secondary N) is 1. The summed E-state index contributed by atoms with van der Waals surface area (Å²) in [4.78, 5) is 11.4. The van der Waals surface area contributed by atoms with Gasteiger partial charge in [0, 0.05) is 29.5 Å². The molecule has 0 fully saturated rings. The SMILES string of the molecule is Cc1cnc(=S)[nH]c1-c1cccc2cnccc12. The van der Waals surface area contributed by atoms with E-state index in [1.165, 1.54) is 0 Å². The molecule has 2 heterocycles. The molecule has 0 aliphatic heterocycles. The highest BCUT2D eigenvalue weighted by Gasteiger charge is 2.06. The van der Waals surface area contributed by atoms with Crippen molar-refractivity contribution < 1.29 is 0 Å². The second kappa shape index (κ2) is 4.31. The predicted molar refractivity (Wildman–Crippen MR) is 74.9 cm³/mol. The van der Waals surface area contributed by atoms with E-state index < -0.39 is 0 Å². The number of nitrogens with zero attached hydrogens (tertiary/aromatic N) is 2. The van der Waals surface area contributed by atoms with Gasteiger partial charge in [-0.3, -0.25) is 4.98 Å². The van der Waals surface area contributed by atoms with Crippen molar-refractivity contribution >= 4 is 23.0 Å². The van der Waals surface area contributed by atoms with Crippen LogP contribution >= 0.6 is 12.2 Å². The molecular weight excluding hydrogens is 242 g/mol. The number of aryl methyl sites for hydroxylation is 1. The number of fused-ring (bicyclic) bond motifs is 1. The molecule has 0 bridgehead atoms. The molecule has 4 heteroatoms. The minimum atomic E-state index is 0.502. The lowest BCUT2D eigenvalue weighted by molar-refractivity contribution is 1.11. The van der Waals surface area contributed by atoms with E-state index in [0.717, 1.165) is 27.6 Å². The quantitative estimate of drug-likeness (QED) is 0.673. The molecular formula is C14H11N3S. The van der Waals surface area contributed by atoms with Gasteiger partial charge in [-0.25, -0.2) is 4.98 Å².